The molecule has 0 radical (unpaired) electrons. The van der Waals surface area contributed by atoms with E-state index in [1.165, 1.54) is 29.5 Å². The van der Waals surface area contributed by atoms with Gasteiger partial charge in [-0.2, -0.15) is 18.3 Å². The van der Waals surface area contributed by atoms with Crippen LogP contribution in [0.3, 0.4) is 0 Å². The number of alkyl halides is 3. The van der Waals surface area contributed by atoms with Gasteiger partial charge in [-0.3, -0.25) is 0 Å². The van der Waals surface area contributed by atoms with Gasteiger partial charge in [-0.05, 0) is 17.7 Å². The van der Waals surface area contributed by atoms with E-state index in [1.807, 2.05) is 0 Å². The topological polar surface area (TPSA) is 47.8 Å². The van der Waals surface area contributed by atoms with Crippen LogP contribution in [0.1, 0.15) is 23.6 Å². The average molecular weight is 269 g/mol. The molecule has 19 heavy (non-hydrogen) atoms. The molecule has 0 amide bonds. The summed E-state index contributed by atoms with van der Waals surface area (Å²) in [7, 11) is 0. The molecule has 2 aromatic rings. The lowest BCUT2D eigenvalue weighted by molar-refractivity contribution is -0.137. The Hall–Kier alpha value is -2.18. The lowest BCUT2D eigenvalue weighted by atomic mass is 10.0. The van der Waals surface area contributed by atoms with E-state index in [-0.39, 0.29) is 6.42 Å². The maximum atomic E-state index is 12.7. The highest BCUT2D eigenvalue weighted by molar-refractivity contribution is 5.51. The highest BCUT2D eigenvalue weighted by Gasteiger charge is 2.31. The van der Waals surface area contributed by atoms with Crippen molar-refractivity contribution in [1.29, 1.82) is 0 Å². The van der Waals surface area contributed by atoms with Crippen molar-refractivity contribution in [3.8, 4) is 0 Å². The van der Waals surface area contributed by atoms with Gasteiger partial charge < -0.3 is 4.79 Å². The van der Waals surface area contributed by atoms with E-state index in [4.69, 9.17) is 0 Å². The lowest BCUT2D eigenvalue weighted by Crippen LogP contribution is -2.13. The molecule has 0 spiro atoms. The molecule has 7 heteroatoms. The summed E-state index contributed by atoms with van der Waals surface area (Å²) in [4.78, 5) is 14.4. The van der Waals surface area contributed by atoms with E-state index < -0.39 is 17.8 Å². The number of carbonyl (C=O) groups excluding carboxylic acids is 1. The summed E-state index contributed by atoms with van der Waals surface area (Å²) in [6, 6.07) is 4.28. The molecule has 1 unspecified atom stereocenters. The van der Waals surface area contributed by atoms with Crippen LogP contribution >= 0.6 is 0 Å². The van der Waals surface area contributed by atoms with Crippen LogP contribution in [0.4, 0.5) is 13.2 Å². The molecular weight excluding hydrogens is 259 g/mol. The fourth-order valence-electron chi connectivity index (χ4n) is 1.79. The van der Waals surface area contributed by atoms with Gasteiger partial charge >= 0.3 is 6.18 Å². The van der Waals surface area contributed by atoms with Gasteiger partial charge in [-0.25, -0.2) is 9.67 Å². The Morgan fingerprint density at radius 3 is 2.74 bits per heavy atom. The Labute approximate surface area is 106 Å². The number of hydrogen-bond donors (Lipinski definition) is 0. The molecule has 1 heterocycles. The molecule has 1 atom stereocenters. The molecular formula is C12H10F3N3O. The van der Waals surface area contributed by atoms with Gasteiger partial charge in [0.15, 0.2) is 0 Å². The molecule has 0 saturated heterocycles. The normalized spacial score (nSPS) is 13.2. The molecule has 0 bridgehead atoms. The molecule has 100 valence electrons. The summed E-state index contributed by atoms with van der Waals surface area (Å²) in [6.45, 7) is 0. The molecule has 0 aliphatic heterocycles. The summed E-state index contributed by atoms with van der Waals surface area (Å²) in [5, 5.41) is 3.87. The van der Waals surface area contributed by atoms with Gasteiger partial charge in [0, 0.05) is 6.42 Å². The van der Waals surface area contributed by atoms with Crippen LogP contribution in [-0.4, -0.2) is 21.1 Å². The molecule has 0 saturated carbocycles. The second-order valence-corrected chi connectivity index (χ2v) is 3.92. The van der Waals surface area contributed by atoms with E-state index in [9.17, 15) is 18.0 Å². The fraction of sp³-hybridized carbons (Fsp3) is 0.250. The number of aromatic nitrogens is 3. The first-order valence-corrected chi connectivity index (χ1v) is 5.47. The third-order valence-corrected chi connectivity index (χ3v) is 2.67. The number of carbonyl (C=O) groups is 1. The van der Waals surface area contributed by atoms with E-state index in [1.54, 1.807) is 0 Å². The largest absolute Gasteiger partial charge is 0.416 e. The Balaban J connectivity index is 2.40. The van der Waals surface area contributed by atoms with Crippen LogP contribution in [0.15, 0.2) is 36.9 Å². The summed E-state index contributed by atoms with van der Waals surface area (Å²) in [5.41, 5.74) is -0.381. The predicted molar refractivity (Wildman–Crippen MR) is 60.3 cm³/mol. The zero-order valence-electron chi connectivity index (χ0n) is 9.71. The Kier molecular flexibility index (Phi) is 3.64. The molecule has 4 nitrogen and oxygen atoms in total. The van der Waals surface area contributed by atoms with Crippen molar-refractivity contribution >= 4 is 6.29 Å². The molecule has 0 N–H and O–H groups in total. The van der Waals surface area contributed by atoms with Crippen LogP contribution in [-0.2, 0) is 11.0 Å². The second-order valence-electron chi connectivity index (χ2n) is 3.92. The van der Waals surface area contributed by atoms with Crippen LogP contribution in [0.25, 0.3) is 0 Å². The second kappa shape index (κ2) is 5.21. The Morgan fingerprint density at radius 1 is 1.37 bits per heavy atom. The van der Waals surface area contributed by atoms with Crippen molar-refractivity contribution in [3.63, 3.8) is 0 Å². The van der Waals surface area contributed by atoms with Crippen LogP contribution in [0.2, 0.25) is 0 Å². The zero-order valence-corrected chi connectivity index (χ0v) is 9.71. The summed E-state index contributed by atoms with van der Waals surface area (Å²) in [6.07, 6.45) is -1.10. The highest BCUT2D eigenvalue weighted by Crippen LogP contribution is 2.31. The monoisotopic (exact) mass is 269 g/mol. The highest BCUT2D eigenvalue weighted by atomic mass is 19.4. The predicted octanol–water partition coefficient (Wildman–Crippen LogP) is 2.48. The van der Waals surface area contributed by atoms with Crippen LogP contribution < -0.4 is 0 Å². The van der Waals surface area contributed by atoms with Gasteiger partial charge in [0.2, 0.25) is 0 Å². The van der Waals surface area contributed by atoms with Crippen molar-refractivity contribution in [3.05, 3.63) is 48.0 Å². The van der Waals surface area contributed by atoms with Gasteiger partial charge in [0.25, 0.3) is 0 Å². The fourth-order valence-corrected chi connectivity index (χ4v) is 1.79. The number of halogens is 3. The molecule has 1 aromatic carbocycles. The standard InChI is InChI=1S/C12H10F3N3O/c13-12(14,15)10-3-1-2-9(6-10)11(4-5-19)18-8-16-7-17-18/h1-3,5-8,11H,4H2. The van der Waals surface area contributed by atoms with Crippen molar-refractivity contribution in [2.45, 2.75) is 18.6 Å². The SMILES string of the molecule is O=CCC(c1cccc(C(F)(F)F)c1)n1cncn1. The lowest BCUT2D eigenvalue weighted by Gasteiger charge is -2.16. The summed E-state index contributed by atoms with van der Waals surface area (Å²) < 4.78 is 39.3. The maximum Gasteiger partial charge on any atom is 0.416 e. The first-order valence-electron chi connectivity index (χ1n) is 5.47. The van der Waals surface area contributed by atoms with Gasteiger partial charge in [-0.15, -0.1) is 0 Å². The minimum Gasteiger partial charge on any atom is -0.303 e. The molecule has 0 fully saturated rings. The molecule has 0 aliphatic rings. The van der Waals surface area contributed by atoms with E-state index in [2.05, 4.69) is 10.1 Å². The van der Waals surface area contributed by atoms with Gasteiger partial charge in [0.05, 0.1) is 11.6 Å². The van der Waals surface area contributed by atoms with Crippen molar-refractivity contribution in [1.82, 2.24) is 14.8 Å². The maximum absolute atomic E-state index is 12.7. The van der Waals surface area contributed by atoms with Gasteiger partial charge in [-0.1, -0.05) is 12.1 Å². The van der Waals surface area contributed by atoms with Gasteiger partial charge in [0.1, 0.15) is 18.9 Å². The smallest absolute Gasteiger partial charge is 0.303 e. The van der Waals surface area contributed by atoms with E-state index in [0.29, 0.717) is 11.8 Å². The Morgan fingerprint density at radius 2 is 2.16 bits per heavy atom. The molecule has 0 aliphatic carbocycles. The zero-order chi connectivity index (χ0) is 13.9. The Bertz CT molecular complexity index is 552. The van der Waals surface area contributed by atoms with Crippen molar-refractivity contribution in [2.24, 2.45) is 0 Å². The average Bonchev–Trinajstić information content (AvgIpc) is 2.88. The van der Waals surface area contributed by atoms with Crippen molar-refractivity contribution in [2.75, 3.05) is 0 Å². The summed E-state index contributed by atoms with van der Waals surface area (Å²) >= 11 is 0. The molecule has 2 rings (SSSR count). The quantitative estimate of drug-likeness (QED) is 0.801. The minimum atomic E-state index is -4.41. The number of hydrogen-bond acceptors (Lipinski definition) is 3. The number of nitrogens with zero attached hydrogens (tertiary/aromatic N) is 3. The van der Waals surface area contributed by atoms with E-state index in [0.717, 1.165) is 12.1 Å². The minimum absolute atomic E-state index is 0.0324. The third kappa shape index (κ3) is 2.98. The number of benzene rings is 1. The first-order chi connectivity index (χ1) is 9.02. The third-order valence-electron chi connectivity index (χ3n) is 2.67. The number of aldehydes is 1. The molecule has 1 aromatic heterocycles. The van der Waals surface area contributed by atoms with Crippen LogP contribution in [0, 0.1) is 0 Å². The first kappa shape index (κ1) is 13.3. The van der Waals surface area contributed by atoms with Crippen LogP contribution in [0.5, 0.6) is 0 Å². The number of rotatable bonds is 4. The van der Waals surface area contributed by atoms with Crippen molar-refractivity contribution < 1.29 is 18.0 Å². The summed E-state index contributed by atoms with van der Waals surface area (Å²) in [5.74, 6) is 0. The van der Waals surface area contributed by atoms with E-state index >= 15 is 0 Å².